The number of ether oxygens (including phenoxy) is 1. The molecule has 0 heterocycles. The van der Waals surface area contributed by atoms with Gasteiger partial charge in [0.25, 0.3) is 0 Å². The number of hydrogen-bond acceptors (Lipinski definition) is 3. The Morgan fingerprint density at radius 1 is 0.950 bits per heavy atom. The number of alkyl halides is 1. The maximum absolute atomic E-state index is 11.4. The molecule has 120 valence electrons. The minimum Gasteiger partial charge on any atom is -0.464 e. The number of halogens is 1. The molecular formula is C16H32ClNO2. The maximum atomic E-state index is 11.4. The van der Waals surface area contributed by atoms with Crippen LogP contribution in [0.4, 0.5) is 0 Å². The molecular weight excluding hydrogens is 274 g/mol. The average molecular weight is 306 g/mol. The van der Waals surface area contributed by atoms with Crippen LogP contribution in [0.1, 0.15) is 71.1 Å². The van der Waals surface area contributed by atoms with E-state index in [0.717, 1.165) is 19.4 Å². The number of unbranched alkanes of at least 4 members (excludes halogenated alkanes) is 8. The largest absolute Gasteiger partial charge is 0.464 e. The van der Waals surface area contributed by atoms with Crippen LogP contribution in [-0.2, 0) is 9.53 Å². The van der Waals surface area contributed by atoms with Crippen molar-refractivity contribution in [1.82, 2.24) is 5.32 Å². The van der Waals surface area contributed by atoms with E-state index in [4.69, 9.17) is 16.3 Å². The first-order valence-electron chi connectivity index (χ1n) is 8.23. The Kier molecular flexibility index (Phi) is 16.5. The third kappa shape index (κ3) is 15.8. The third-order valence-corrected chi connectivity index (χ3v) is 3.49. The van der Waals surface area contributed by atoms with Crippen molar-refractivity contribution < 1.29 is 9.53 Å². The van der Waals surface area contributed by atoms with Crippen LogP contribution in [0.5, 0.6) is 0 Å². The molecule has 1 N–H and O–H groups in total. The number of carbonyl (C=O) groups excluding carboxylic acids is 1. The molecule has 0 saturated carbocycles. The lowest BCUT2D eigenvalue weighted by Gasteiger charge is -2.05. The van der Waals surface area contributed by atoms with Gasteiger partial charge in [-0.15, -0.1) is 11.6 Å². The smallest absolute Gasteiger partial charge is 0.305 e. The van der Waals surface area contributed by atoms with Crippen LogP contribution in [0, 0.1) is 0 Å². The van der Waals surface area contributed by atoms with Gasteiger partial charge in [-0.2, -0.15) is 0 Å². The summed E-state index contributed by atoms with van der Waals surface area (Å²) < 4.78 is 5.12. The second kappa shape index (κ2) is 16.8. The van der Waals surface area contributed by atoms with E-state index in [1.807, 2.05) is 0 Å². The first kappa shape index (κ1) is 19.7. The Balaban J connectivity index is 3.11. The van der Waals surface area contributed by atoms with Crippen molar-refractivity contribution in [2.45, 2.75) is 71.1 Å². The van der Waals surface area contributed by atoms with Gasteiger partial charge in [0.05, 0.1) is 0 Å². The molecule has 0 bridgehead atoms. The molecule has 0 spiro atoms. The van der Waals surface area contributed by atoms with Crippen LogP contribution < -0.4 is 5.32 Å². The molecule has 4 heteroatoms. The predicted molar refractivity (Wildman–Crippen MR) is 86.4 cm³/mol. The van der Waals surface area contributed by atoms with Crippen molar-refractivity contribution in [3.8, 4) is 0 Å². The quantitative estimate of drug-likeness (QED) is 0.279. The minimum atomic E-state index is -0.0689. The average Bonchev–Trinajstić information content (AvgIpc) is 2.45. The highest BCUT2D eigenvalue weighted by atomic mass is 35.5. The highest BCUT2D eigenvalue weighted by Gasteiger charge is 2.02. The number of nitrogens with one attached hydrogen (secondary N) is 1. The van der Waals surface area contributed by atoms with E-state index in [-0.39, 0.29) is 5.97 Å². The molecule has 0 aliphatic heterocycles. The van der Waals surface area contributed by atoms with E-state index in [2.05, 4.69) is 12.2 Å². The van der Waals surface area contributed by atoms with Gasteiger partial charge >= 0.3 is 5.97 Å². The molecule has 0 aromatic heterocycles. The minimum absolute atomic E-state index is 0.0689. The van der Waals surface area contributed by atoms with Crippen LogP contribution >= 0.6 is 11.6 Å². The summed E-state index contributed by atoms with van der Waals surface area (Å²) in [5, 5.41) is 3.09. The summed E-state index contributed by atoms with van der Waals surface area (Å²) in [6.45, 7) is 4.15. The monoisotopic (exact) mass is 305 g/mol. The van der Waals surface area contributed by atoms with E-state index >= 15 is 0 Å². The summed E-state index contributed by atoms with van der Waals surface area (Å²) >= 11 is 5.52. The molecule has 0 fully saturated rings. The fourth-order valence-electron chi connectivity index (χ4n) is 2.08. The summed E-state index contributed by atoms with van der Waals surface area (Å²) in [4.78, 5) is 11.4. The lowest BCUT2D eigenvalue weighted by Crippen LogP contribution is -2.23. The van der Waals surface area contributed by atoms with Crippen LogP contribution in [0.3, 0.4) is 0 Å². The zero-order valence-electron chi connectivity index (χ0n) is 13.1. The number of rotatable bonds is 15. The summed E-state index contributed by atoms with van der Waals surface area (Å²) in [5.74, 6) is 0.521. The standard InChI is InChI=1S/C16H32ClNO2/c1-2-3-4-5-6-7-8-9-10-11-16(19)20-15-14-18-13-12-17/h18H,2-15H2,1H3. The van der Waals surface area contributed by atoms with Gasteiger partial charge in [-0.25, -0.2) is 0 Å². The van der Waals surface area contributed by atoms with Crippen molar-refractivity contribution in [2.75, 3.05) is 25.6 Å². The SMILES string of the molecule is CCCCCCCCCCCC(=O)OCCNCCCl. The van der Waals surface area contributed by atoms with Crippen molar-refractivity contribution in [2.24, 2.45) is 0 Å². The summed E-state index contributed by atoms with van der Waals surface area (Å²) in [6.07, 6.45) is 12.0. The molecule has 0 unspecified atom stereocenters. The van der Waals surface area contributed by atoms with Gasteiger partial charge in [0.15, 0.2) is 0 Å². The summed E-state index contributed by atoms with van der Waals surface area (Å²) in [6, 6.07) is 0. The Bertz CT molecular complexity index is 213. The summed E-state index contributed by atoms with van der Waals surface area (Å²) in [7, 11) is 0. The maximum Gasteiger partial charge on any atom is 0.305 e. The predicted octanol–water partition coefficient (Wildman–Crippen LogP) is 4.28. The third-order valence-electron chi connectivity index (χ3n) is 3.30. The second-order valence-electron chi connectivity index (χ2n) is 5.24. The number of hydrogen-bond donors (Lipinski definition) is 1. The van der Waals surface area contributed by atoms with Crippen molar-refractivity contribution in [1.29, 1.82) is 0 Å². The van der Waals surface area contributed by atoms with Gasteiger partial charge in [-0.05, 0) is 6.42 Å². The zero-order valence-corrected chi connectivity index (χ0v) is 13.8. The Morgan fingerprint density at radius 3 is 2.15 bits per heavy atom. The zero-order chi connectivity index (χ0) is 14.9. The van der Waals surface area contributed by atoms with Crippen molar-refractivity contribution in [3.05, 3.63) is 0 Å². The molecule has 3 nitrogen and oxygen atoms in total. The van der Waals surface area contributed by atoms with Crippen LogP contribution in [-0.4, -0.2) is 31.5 Å². The van der Waals surface area contributed by atoms with Gasteiger partial charge in [0.2, 0.25) is 0 Å². The molecule has 0 aromatic rings. The molecule has 0 amide bonds. The molecule has 0 saturated heterocycles. The van der Waals surface area contributed by atoms with Gasteiger partial charge in [0.1, 0.15) is 6.61 Å². The van der Waals surface area contributed by atoms with Gasteiger partial charge in [-0.3, -0.25) is 4.79 Å². The molecule has 0 aromatic carbocycles. The van der Waals surface area contributed by atoms with E-state index < -0.39 is 0 Å². The Hall–Kier alpha value is -0.280. The van der Waals surface area contributed by atoms with Gasteiger partial charge in [-0.1, -0.05) is 58.3 Å². The Labute approximate surface area is 129 Å². The molecule has 0 aliphatic rings. The van der Waals surface area contributed by atoms with Gasteiger partial charge in [0, 0.05) is 25.4 Å². The molecule has 0 aliphatic carbocycles. The lowest BCUT2D eigenvalue weighted by molar-refractivity contribution is -0.143. The highest BCUT2D eigenvalue weighted by Crippen LogP contribution is 2.10. The van der Waals surface area contributed by atoms with Crippen molar-refractivity contribution >= 4 is 17.6 Å². The highest BCUT2D eigenvalue weighted by molar-refractivity contribution is 6.18. The van der Waals surface area contributed by atoms with Crippen LogP contribution in [0.15, 0.2) is 0 Å². The van der Waals surface area contributed by atoms with E-state index in [0.29, 0.717) is 25.5 Å². The fourth-order valence-corrected chi connectivity index (χ4v) is 2.21. The van der Waals surface area contributed by atoms with Crippen LogP contribution in [0.2, 0.25) is 0 Å². The molecule has 20 heavy (non-hydrogen) atoms. The number of carbonyl (C=O) groups is 1. The van der Waals surface area contributed by atoms with E-state index in [9.17, 15) is 4.79 Å². The molecule has 0 atom stereocenters. The second-order valence-corrected chi connectivity index (χ2v) is 5.62. The van der Waals surface area contributed by atoms with E-state index in [1.165, 1.54) is 44.9 Å². The molecule has 0 rings (SSSR count). The van der Waals surface area contributed by atoms with Crippen molar-refractivity contribution in [3.63, 3.8) is 0 Å². The van der Waals surface area contributed by atoms with E-state index in [1.54, 1.807) is 0 Å². The topological polar surface area (TPSA) is 38.3 Å². The molecule has 0 radical (unpaired) electrons. The van der Waals surface area contributed by atoms with Crippen LogP contribution in [0.25, 0.3) is 0 Å². The lowest BCUT2D eigenvalue weighted by atomic mass is 10.1. The fraction of sp³-hybridized carbons (Fsp3) is 0.938. The Morgan fingerprint density at radius 2 is 1.55 bits per heavy atom. The normalized spacial score (nSPS) is 10.7. The first-order chi connectivity index (χ1) is 9.81. The number of esters is 1. The van der Waals surface area contributed by atoms with Gasteiger partial charge < -0.3 is 10.1 Å². The first-order valence-corrected chi connectivity index (χ1v) is 8.77. The summed E-state index contributed by atoms with van der Waals surface area (Å²) in [5.41, 5.74) is 0.